The Morgan fingerprint density at radius 2 is 2.21 bits per heavy atom. The molecule has 0 fully saturated rings. The van der Waals surface area contributed by atoms with Crippen LogP contribution >= 0.6 is 23.8 Å². The fourth-order valence-electron chi connectivity index (χ4n) is 1.29. The summed E-state index contributed by atoms with van der Waals surface area (Å²) in [6.45, 7) is 4.03. The van der Waals surface area contributed by atoms with Gasteiger partial charge >= 0.3 is 0 Å². The first-order chi connectivity index (χ1) is 6.50. The van der Waals surface area contributed by atoms with Gasteiger partial charge in [0.1, 0.15) is 0 Å². The van der Waals surface area contributed by atoms with Crippen LogP contribution in [0.4, 0.5) is 0 Å². The van der Waals surface area contributed by atoms with Crippen LogP contribution in [0.1, 0.15) is 18.1 Å². The highest BCUT2D eigenvalue weighted by atomic mass is 35.5. The summed E-state index contributed by atoms with van der Waals surface area (Å²) >= 11 is 10.9. The maximum Gasteiger partial charge on any atom is 0.0759 e. The molecule has 0 aliphatic heterocycles. The Balaban J connectivity index is 2.78. The minimum Gasteiger partial charge on any atom is -0.393 e. The molecule has 0 bridgehead atoms. The number of hydrogen-bond acceptors (Lipinski definition) is 1. The predicted molar refractivity (Wildman–Crippen MR) is 65.8 cm³/mol. The van der Waals surface area contributed by atoms with Crippen molar-refractivity contribution in [3.63, 3.8) is 0 Å². The van der Waals surface area contributed by atoms with E-state index in [2.05, 4.69) is 6.07 Å². The lowest BCUT2D eigenvalue weighted by atomic mass is 10.00. The van der Waals surface area contributed by atoms with Crippen LogP contribution < -0.4 is 5.73 Å². The van der Waals surface area contributed by atoms with Gasteiger partial charge in [-0.1, -0.05) is 42.9 Å². The molecule has 2 N–H and O–H groups in total. The van der Waals surface area contributed by atoms with Crippen LogP contribution in [0.25, 0.3) is 0 Å². The molecule has 1 nitrogen and oxygen atoms in total. The molecular formula is C11H14ClNS. The van der Waals surface area contributed by atoms with Crippen LogP contribution in [0.2, 0.25) is 5.02 Å². The van der Waals surface area contributed by atoms with Crippen molar-refractivity contribution < 1.29 is 0 Å². The van der Waals surface area contributed by atoms with Gasteiger partial charge in [0.15, 0.2) is 0 Å². The molecule has 0 radical (unpaired) electrons. The molecule has 14 heavy (non-hydrogen) atoms. The molecule has 1 rings (SSSR count). The minimum atomic E-state index is 0.241. The van der Waals surface area contributed by atoms with Crippen molar-refractivity contribution >= 4 is 28.8 Å². The normalized spacial score (nSPS) is 12.5. The van der Waals surface area contributed by atoms with E-state index in [0.29, 0.717) is 4.99 Å². The van der Waals surface area contributed by atoms with E-state index in [1.54, 1.807) is 0 Å². The zero-order chi connectivity index (χ0) is 10.7. The van der Waals surface area contributed by atoms with Gasteiger partial charge in [0.05, 0.1) is 4.99 Å². The van der Waals surface area contributed by atoms with Gasteiger partial charge < -0.3 is 5.73 Å². The monoisotopic (exact) mass is 227 g/mol. The molecule has 1 aromatic rings. The van der Waals surface area contributed by atoms with Crippen LogP contribution in [-0.2, 0) is 6.42 Å². The Kier molecular flexibility index (Phi) is 3.90. The molecule has 0 aliphatic rings. The second kappa shape index (κ2) is 4.76. The van der Waals surface area contributed by atoms with E-state index in [1.807, 2.05) is 26.0 Å². The lowest BCUT2D eigenvalue weighted by Crippen LogP contribution is -2.20. The number of benzene rings is 1. The Bertz CT molecular complexity index is 349. The Labute approximate surface area is 95.3 Å². The Morgan fingerprint density at radius 3 is 2.71 bits per heavy atom. The highest BCUT2D eigenvalue weighted by Crippen LogP contribution is 2.18. The molecule has 0 amide bonds. The molecular weight excluding hydrogens is 214 g/mol. The maximum atomic E-state index is 5.93. The molecule has 76 valence electrons. The zero-order valence-electron chi connectivity index (χ0n) is 8.38. The fraction of sp³-hybridized carbons (Fsp3) is 0.364. The van der Waals surface area contributed by atoms with Gasteiger partial charge in [-0.2, -0.15) is 0 Å². The maximum absolute atomic E-state index is 5.93. The summed E-state index contributed by atoms with van der Waals surface area (Å²) in [6.07, 6.45) is 0.882. The second-order valence-electron chi connectivity index (χ2n) is 3.59. The molecule has 0 saturated carbocycles. The van der Waals surface area contributed by atoms with E-state index < -0.39 is 0 Å². The number of rotatable bonds is 3. The summed E-state index contributed by atoms with van der Waals surface area (Å²) in [5.41, 5.74) is 7.88. The fourth-order valence-corrected chi connectivity index (χ4v) is 1.49. The van der Waals surface area contributed by atoms with Gasteiger partial charge in [-0.15, -0.1) is 0 Å². The van der Waals surface area contributed by atoms with Gasteiger partial charge in [-0.3, -0.25) is 0 Å². The number of hydrogen-bond donors (Lipinski definition) is 1. The number of thiocarbonyl (C=S) groups is 1. The molecule has 3 heteroatoms. The first-order valence-corrected chi connectivity index (χ1v) is 5.33. The third-order valence-corrected chi connectivity index (χ3v) is 3.08. The van der Waals surface area contributed by atoms with Crippen molar-refractivity contribution in [2.24, 2.45) is 11.7 Å². The summed E-state index contributed by atoms with van der Waals surface area (Å²) < 4.78 is 0. The van der Waals surface area contributed by atoms with E-state index in [0.717, 1.165) is 17.0 Å². The Hall–Kier alpha value is -0.600. The zero-order valence-corrected chi connectivity index (χ0v) is 9.95. The van der Waals surface area contributed by atoms with E-state index in [9.17, 15) is 0 Å². The van der Waals surface area contributed by atoms with Crippen molar-refractivity contribution in [3.05, 3.63) is 34.3 Å². The lowest BCUT2D eigenvalue weighted by molar-refractivity contribution is 0.771. The first-order valence-electron chi connectivity index (χ1n) is 4.55. The van der Waals surface area contributed by atoms with E-state index in [-0.39, 0.29) is 5.92 Å². The molecule has 1 aromatic carbocycles. The predicted octanol–water partition coefficient (Wildman–Crippen LogP) is 3.11. The largest absolute Gasteiger partial charge is 0.393 e. The van der Waals surface area contributed by atoms with Crippen LogP contribution in [0.3, 0.4) is 0 Å². The van der Waals surface area contributed by atoms with Gasteiger partial charge in [-0.25, -0.2) is 0 Å². The summed E-state index contributed by atoms with van der Waals surface area (Å²) in [4.78, 5) is 0.567. The average Bonchev–Trinajstić information content (AvgIpc) is 2.11. The first kappa shape index (κ1) is 11.5. The Morgan fingerprint density at radius 1 is 1.57 bits per heavy atom. The molecule has 1 unspecified atom stereocenters. The third-order valence-electron chi connectivity index (χ3n) is 2.25. The molecule has 1 atom stereocenters. The van der Waals surface area contributed by atoms with E-state index >= 15 is 0 Å². The van der Waals surface area contributed by atoms with Gasteiger partial charge in [-0.05, 0) is 30.5 Å². The van der Waals surface area contributed by atoms with Crippen LogP contribution in [0.5, 0.6) is 0 Å². The summed E-state index contributed by atoms with van der Waals surface area (Å²) in [7, 11) is 0. The third kappa shape index (κ3) is 2.96. The smallest absolute Gasteiger partial charge is 0.0759 e. The molecule has 0 spiro atoms. The standard InChI is InChI=1S/C11H14ClNS/c1-7-5-9(3-4-10(7)12)6-8(2)11(13)14/h3-5,8H,6H2,1-2H3,(H2,13,14). The van der Waals surface area contributed by atoms with Crippen LogP contribution in [0, 0.1) is 12.8 Å². The molecule has 0 aliphatic carbocycles. The van der Waals surface area contributed by atoms with Crippen molar-refractivity contribution in [2.75, 3.05) is 0 Å². The van der Waals surface area contributed by atoms with Crippen molar-refractivity contribution in [1.82, 2.24) is 0 Å². The van der Waals surface area contributed by atoms with E-state index in [1.165, 1.54) is 5.56 Å². The van der Waals surface area contributed by atoms with Crippen molar-refractivity contribution in [2.45, 2.75) is 20.3 Å². The summed E-state index contributed by atoms with van der Waals surface area (Å²) in [5, 5.41) is 0.803. The number of halogens is 1. The number of nitrogens with two attached hydrogens (primary N) is 1. The van der Waals surface area contributed by atoms with E-state index in [4.69, 9.17) is 29.6 Å². The molecule has 0 saturated heterocycles. The highest BCUT2D eigenvalue weighted by Gasteiger charge is 2.06. The average molecular weight is 228 g/mol. The quantitative estimate of drug-likeness (QED) is 0.804. The molecule has 0 aromatic heterocycles. The minimum absolute atomic E-state index is 0.241. The van der Waals surface area contributed by atoms with Gasteiger partial charge in [0, 0.05) is 10.9 Å². The van der Waals surface area contributed by atoms with Gasteiger partial charge in [0.2, 0.25) is 0 Å². The van der Waals surface area contributed by atoms with Crippen LogP contribution in [0.15, 0.2) is 18.2 Å². The van der Waals surface area contributed by atoms with Crippen molar-refractivity contribution in [3.8, 4) is 0 Å². The number of aryl methyl sites for hydroxylation is 1. The highest BCUT2D eigenvalue weighted by molar-refractivity contribution is 7.80. The SMILES string of the molecule is Cc1cc(CC(C)C(N)=S)ccc1Cl. The molecule has 0 heterocycles. The van der Waals surface area contributed by atoms with Crippen LogP contribution in [-0.4, -0.2) is 4.99 Å². The summed E-state index contributed by atoms with van der Waals surface area (Å²) in [5.74, 6) is 0.241. The lowest BCUT2D eigenvalue weighted by Gasteiger charge is -2.10. The second-order valence-corrected chi connectivity index (χ2v) is 4.47. The van der Waals surface area contributed by atoms with Crippen molar-refractivity contribution in [1.29, 1.82) is 0 Å². The summed E-state index contributed by atoms with van der Waals surface area (Å²) in [6, 6.07) is 6.01. The van der Waals surface area contributed by atoms with Gasteiger partial charge in [0.25, 0.3) is 0 Å². The topological polar surface area (TPSA) is 26.0 Å².